The Labute approximate surface area is 214 Å². The monoisotopic (exact) mass is 516 g/mol. The Morgan fingerprint density at radius 2 is 1.73 bits per heavy atom. The molecule has 1 aromatic heterocycles. The number of para-hydroxylation sites is 1. The van der Waals surface area contributed by atoms with Gasteiger partial charge in [0.2, 0.25) is 0 Å². The summed E-state index contributed by atoms with van der Waals surface area (Å²) in [6, 6.07) is 10.1. The van der Waals surface area contributed by atoms with Crippen LogP contribution in [-0.4, -0.2) is 36.5 Å². The van der Waals surface area contributed by atoms with E-state index in [1.807, 2.05) is 43.3 Å². The van der Waals surface area contributed by atoms with Crippen LogP contribution >= 0.6 is 0 Å². The topological polar surface area (TPSA) is 58.1 Å². The second kappa shape index (κ2) is 11.4. The number of halogens is 4. The van der Waals surface area contributed by atoms with Crippen molar-refractivity contribution in [1.82, 2.24) is 15.3 Å². The highest BCUT2D eigenvalue weighted by atomic mass is 19.4. The van der Waals surface area contributed by atoms with Gasteiger partial charge in [-0.1, -0.05) is 31.4 Å². The lowest BCUT2D eigenvalue weighted by Gasteiger charge is -2.28. The molecule has 0 atom stereocenters. The van der Waals surface area contributed by atoms with E-state index < -0.39 is 29.0 Å². The van der Waals surface area contributed by atoms with Crippen LogP contribution in [0.15, 0.2) is 42.5 Å². The number of amides is 1. The fourth-order valence-corrected chi connectivity index (χ4v) is 5.11. The summed E-state index contributed by atoms with van der Waals surface area (Å²) in [4.78, 5) is 23.9. The number of aromatic nitrogens is 2. The number of carbonyl (C=O) groups excluding carboxylic acids is 1. The van der Waals surface area contributed by atoms with Crippen LogP contribution in [0, 0.1) is 17.7 Å². The van der Waals surface area contributed by atoms with E-state index in [-0.39, 0.29) is 5.92 Å². The lowest BCUT2D eigenvalue weighted by molar-refractivity contribution is -0.138. The molecule has 1 amide bonds. The van der Waals surface area contributed by atoms with Crippen LogP contribution in [0.25, 0.3) is 10.9 Å². The Balaban J connectivity index is 1.24. The predicted octanol–water partition coefficient (Wildman–Crippen LogP) is 6.41. The number of rotatable bonds is 8. The van der Waals surface area contributed by atoms with Gasteiger partial charge < -0.3 is 10.2 Å². The molecule has 0 aliphatic heterocycles. The predicted molar refractivity (Wildman–Crippen MR) is 136 cm³/mol. The number of aryl methyl sites for hydroxylation is 1. The van der Waals surface area contributed by atoms with E-state index in [2.05, 4.69) is 5.32 Å². The highest BCUT2D eigenvalue weighted by Crippen LogP contribution is 2.34. The first kappa shape index (κ1) is 26.8. The number of carbonyl (C=O) groups is 1. The average molecular weight is 517 g/mol. The molecule has 1 saturated carbocycles. The lowest BCUT2D eigenvalue weighted by atomic mass is 9.79. The van der Waals surface area contributed by atoms with Crippen molar-refractivity contribution in [2.45, 2.75) is 51.1 Å². The standard InChI is InChI=1S/C28H32F4N4O/c1-36(2)26-22-7-3-4-8-24(22)34-25(35-26)9-5-6-18-10-12-19(13-11-18)17-33-27(37)21-15-14-20(29)16-23(21)28(30,31)32/h3-4,7-8,14-16,18-19H,5-6,9-13,17H2,1-2H3,(H,33,37). The van der Waals surface area contributed by atoms with E-state index in [9.17, 15) is 22.4 Å². The lowest BCUT2D eigenvalue weighted by Crippen LogP contribution is -2.32. The summed E-state index contributed by atoms with van der Waals surface area (Å²) in [5.74, 6) is 0.731. The van der Waals surface area contributed by atoms with E-state index in [0.29, 0.717) is 18.5 Å². The van der Waals surface area contributed by atoms with Gasteiger partial charge in [-0.15, -0.1) is 0 Å². The van der Waals surface area contributed by atoms with Crippen molar-refractivity contribution in [2.24, 2.45) is 11.8 Å². The van der Waals surface area contributed by atoms with Gasteiger partial charge in [0.1, 0.15) is 17.5 Å². The normalized spacial score (nSPS) is 18.1. The van der Waals surface area contributed by atoms with Crippen molar-refractivity contribution in [3.05, 3.63) is 65.2 Å². The van der Waals surface area contributed by atoms with E-state index in [0.717, 1.165) is 79.6 Å². The molecule has 1 aliphatic rings. The van der Waals surface area contributed by atoms with Crippen LogP contribution in [0.1, 0.15) is 60.3 Å². The summed E-state index contributed by atoms with van der Waals surface area (Å²) >= 11 is 0. The third-order valence-electron chi connectivity index (χ3n) is 7.12. The molecule has 0 saturated heterocycles. The van der Waals surface area contributed by atoms with Gasteiger partial charge in [-0.2, -0.15) is 13.2 Å². The minimum absolute atomic E-state index is 0.224. The van der Waals surface area contributed by atoms with Crippen molar-refractivity contribution in [3.8, 4) is 0 Å². The van der Waals surface area contributed by atoms with Crippen molar-refractivity contribution >= 4 is 22.6 Å². The number of nitrogens with zero attached hydrogens (tertiary/aromatic N) is 3. The average Bonchev–Trinajstić information content (AvgIpc) is 2.87. The highest BCUT2D eigenvalue weighted by Gasteiger charge is 2.35. The molecule has 9 heteroatoms. The highest BCUT2D eigenvalue weighted by molar-refractivity contribution is 5.95. The van der Waals surface area contributed by atoms with E-state index in [1.165, 1.54) is 0 Å². The molecule has 0 bridgehead atoms. The van der Waals surface area contributed by atoms with Crippen molar-refractivity contribution in [1.29, 1.82) is 0 Å². The van der Waals surface area contributed by atoms with Crippen molar-refractivity contribution in [3.63, 3.8) is 0 Å². The second-order valence-electron chi connectivity index (χ2n) is 10.1. The third-order valence-corrected chi connectivity index (χ3v) is 7.12. The zero-order valence-corrected chi connectivity index (χ0v) is 21.1. The third kappa shape index (κ3) is 6.76. The van der Waals surface area contributed by atoms with Crippen molar-refractivity contribution < 1.29 is 22.4 Å². The fraction of sp³-hybridized carbons (Fsp3) is 0.464. The Kier molecular flexibility index (Phi) is 8.29. The number of hydrogen-bond acceptors (Lipinski definition) is 4. The fourth-order valence-electron chi connectivity index (χ4n) is 5.11. The minimum Gasteiger partial charge on any atom is -0.362 e. The largest absolute Gasteiger partial charge is 0.417 e. The maximum Gasteiger partial charge on any atom is 0.417 e. The number of anilines is 1. The molecule has 5 nitrogen and oxygen atoms in total. The van der Waals surface area contributed by atoms with Gasteiger partial charge in [0, 0.05) is 32.4 Å². The maximum atomic E-state index is 13.3. The van der Waals surface area contributed by atoms with Crippen LogP contribution in [0.5, 0.6) is 0 Å². The molecule has 1 aliphatic carbocycles. The maximum absolute atomic E-state index is 13.3. The number of benzene rings is 2. The first-order valence-corrected chi connectivity index (χ1v) is 12.7. The van der Waals surface area contributed by atoms with Crippen LogP contribution < -0.4 is 10.2 Å². The number of alkyl halides is 3. The van der Waals surface area contributed by atoms with Gasteiger partial charge in [-0.3, -0.25) is 4.79 Å². The molecule has 0 unspecified atom stereocenters. The van der Waals surface area contributed by atoms with Gasteiger partial charge in [0.05, 0.1) is 16.6 Å². The summed E-state index contributed by atoms with van der Waals surface area (Å²) in [5.41, 5.74) is -0.848. The molecule has 37 heavy (non-hydrogen) atoms. The Morgan fingerprint density at radius 3 is 2.43 bits per heavy atom. The molecule has 1 N–H and O–H groups in total. The molecular weight excluding hydrogens is 484 g/mol. The molecule has 0 radical (unpaired) electrons. The number of hydrogen-bond donors (Lipinski definition) is 1. The Bertz CT molecular complexity index is 1240. The summed E-state index contributed by atoms with van der Waals surface area (Å²) in [6.07, 6.45) is 1.94. The first-order valence-electron chi connectivity index (χ1n) is 12.7. The molecule has 1 fully saturated rings. The van der Waals surface area contributed by atoms with Crippen molar-refractivity contribution in [2.75, 3.05) is 25.5 Å². The van der Waals surface area contributed by atoms with Crippen LogP contribution in [0.2, 0.25) is 0 Å². The Morgan fingerprint density at radius 1 is 1.03 bits per heavy atom. The SMILES string of the molecule is CN(C)c1nc(CCCC2CCC(CNC(=O)c3ccc(F)cc3C(F)(F)F)CC2)nc2ccccc12. The molecule has 0 spiro atoms. The Hall–Kier alpha value is -3.23. The zero-order valence-electron chi connectivity index (χ0n) is 21.1. The number of fused-ring (bicyclic) bond motifs is 1. The van der Waals surface area contributed by atoms with Crippen LogP contribution in [0.4, 0.5) is 23.4 Å². The quantitative estimate of drug-likeness (QED) is 0.352. The molecule has 3 aromatic rings. The molecule has 4 rings (SSSR count). The zero-order chi connectivity index (χ0) is 26.6. The summed E-state index contributed by atoms with van der Waals surface area (Å²) in [5, 5.41) is 3.66. The first-order chi connectivity index (χ1) is 17.6. The van der Waals surface area contributed by atoms with Gasteiger partial charge in [0.25, 0.3) is 5.91 Å². The molecule has 1 heterocycles. The smallest absolute Gasteiger partial charge is 0.362 e. The summed E-state index contributed by atoms with van der Waals surface area (Å²) < 4.78 is 52.9. The van der Waals surface area contributed by atoms with Gasteiger partial charge in [-0.05, 0) is 61.4 Å². The minimum atomic E-state index is -4.79. The number of nitrogens with one attached hydrogen (secondary N) is 1. The van der Waals surface area contributed by atoms with Crippen LogP contribution in [0.3, 0.4) is 0 Å². The molecule has 2 aromatic carbocycles. The van der Waals surface area contributed by atoms with Crippen LogP contribution in [-0.2, 0) is 12.6 Å². The summed E-state index contributed by atoms with van der Waals surface area (Å²) in [6.45, 7) is 0.318. The van der Waals surface area contributed by atoms with Gasteiger partial charge >= 0.3 is 6.18 Å². The molecular formula is C28H32F4N4O. The van der Waals surface area contributed by atoms with E-state index in [4.69, 9.17) is 9.97 Å². The van der Waals surface area contributed by atoms with Gasteiger partial charge in [0.15, 0.2) is 0 Å². The molecule has 198 valence electrons. The van der Waals surface area contributed by atoms with E-state index >= 15 is 0 Å². The second-order valence-corrected chi connectivity index (χ2v) is 10.1. The van der Waals surface area contributed by atoms with Gasteiger partial charge in [-0.25, -0.2) is 14.4 Å². The summed E-state index contributed by atoms with van der Waals surface area (Å²) in [7, 11) is 3.96. The van der Waals surface area contributed by atoms with E-state index in [1.54, 1.807) is 0 Å².